The summed E-state index contributed by atoms with van der Waals surface area (Å²) in [6, 6.07) is 5.69. The number of hydrogen-bond donors (Lipinski definition) is 3. The highest BCUT2D eigenvalue weighted by Crippen LogP contribution is 2.30. The minimum atomic E-state index is -0.328. The van der Waals surface area contributed by atoms with Gasteiger partial charge in [-0.3, -0.25) is 9.59 Å². The molecule has 2 amide bonds. The smallest absolute Gasteiger partial charge is 0.262 e. The lowest BCUT2D eigenvalue weighted by molar-refractivity contribution is -0.119. The van der Waals surface area contributed by atoms with Gasteiger partial charge in [-0.1, -0.05) is 6.07 Å². The molecule has 19 heavy (non-hydrogen) atoms. The van der Waals surface area contributed by atoms with Crippen molar-refractivity contribution >= 4 is 17.5 Å². The van der Waals surface area contributed by atoms with Crippen LogP contribution in [0.3, 0.4) is 0 Å². The molecule has 4 N–H and O–H groups in total. The van der Waals surface area contributed by atoms with E-state index in [1.165, 1.54) is 0 Å². The first-order valence-electron chi connectivity index (χ1n) is 6.14. The van der Waals surface area contributed by atoms with Gasteiger partial charge in [0.05, 0.1) is 5.69 Å². The van der Waals surface area contributed by atoms with Gasteiger partial charge in [0.2, 0.25) is 5.91 Å². The molecule has 1 aliphatic heterocycles. The molecule has 0 spiro atoms. The summed E-state index contributed by atoms with van der Waals surface area (Å²) >= 11 is 0. The summed E-state index contributed by atoms with van der Waals surface area (Å²) in [6.45, 7) is 2.56. The summed E-state index contributed by atoms with van der Waals surface area (Å²) in [6.07, 6.45) is 0.301. The molecule has 1 unspecified atom stereocenters. The third kappa shape index (κ3) is 3.45. The number of ether oxygens (including phenoxy) is 1. The fourth-order valence-electron chi connectivity index (χ4n) is 1.90. The van der Waals surface area contributed by atoms with Crippen molar-refractivity contribution in [3.05, 3.63) is 23.8 Å². The van der Waals surface area contributed by atoms with Crippen LogP contribution in [0.2, 0.25) is 0 Å². The second-order valence-electron chi connectivity index (χ2n) is 4.48. The summed E-state index contributed by atoms with van der Waals surface area (Å²) in [4.78, 5) is 21.9. The van der Waals surface area contributed by atoms with Crippen molar-refractivity contribution in [1.29, 1.82) is 0 Å². The third-order valence-corrected chi connectivity index (χ3v) is 2.96. The maximum Gasteiger partial charge on any atom is 0.262 e. The van der Waals surface area contributed by atoms with Gasteiger partial charge in [-0.25, -0.2) is 0 Å². The first-order valence-corrected chi connectivity index (χ1v) is 6.14. The first-order chi connectivity index (χ1) is 9.06. The molecule has 0 saturated heterocycles. The van der Waals surface area contributed by atoms with E-state index in [1.54, 1.807) is 0 Å². The van der Waals surface area contributed by atoms with E-state index >= 15 is 0 Å². The van der Waals surface area contributed by atoms with Crippen molar-refractivity contribution in [2.45, 2.75) is 19.4 Å². The van der Waals surface area contributed by atoms with Crippen LogP contribution in [0.4, 0.5) is 5.69 Å². The molecule has 6 heteroatoms. The minimum absolute atomic E-state index is 0.0543. The van der Waals surface area contributed by atoms with Gasteiger partial charge >= 0.3 is 0 Å². The Morgan fingerprint density at radius 1 is 1.58 bits per heavy atom. The predicted octanol–water partition coefficient (Wildman–Crippen LogP) is 0.544. The van der Waals surface area contributed by atoms with E-state index < -0.39 is 0 Å². The maximum absolute atomic E-state index is 11.3. The molecule has 1 aliphatic rings. The van der Waals surface area contributed by atoms with Gasteiger partial charge in [-0.05, 0) is 24.6 Å². The number of benzene rings is 1. The quantitative estimate of drug-likeness (QED) is 0.723. The van der Waals surface area contributed by atoms with E-state index in [-0.39, 0.29) is 24.5 Å². The van der Waals surface area contributed by atoms with Crippen LogP contribution in [0.15, 0.2) is 18.2 Å². The number of primary amides is 1. The van der Waals surface area contributed by atoms with Gasteiger partial charge in [0, 0.05) is 19.0 Å². The fourth-order valence-corrected chi connectivity index (χ4v) is 1.90. The molecule has 2 rings (SSSR count). The lowest BCUT2D eigenvalue weighted by atomic mass is 10.1. The van der Waals surface area contributed by atoms with Crippen molar-refractivity contribution in [3.63, 3.8) is 0 Å². The zero-order valence-corrected chi connectivity index (χ0v) is 10.7. The monoisotopic (exact) mass is 263 g/mol. The molecule has 1 aromatic rings. The Morgan fingerprint density at radius 2 is 2.37 bits per heavy atom. The molecule has 0 bridgehead atoms. The number of carbonyl (C=O) groups is 2. The molecular weight excluding hydrogens is 246 g/mol. The SMILES string of the molecule is CC(NCCC(N)=O)c1ccc2c(c1)NC(=O)CO2. The average Bonchev–Trinajstić information content (AvgIpc) is 2.37. The highest BCUT2D eigenvalue weighted by molar-refractivity contribution is 5.95. The second-order valence-corrected chi connectivity index (χ2v) is 4.48. The maximum atomic E-state index is 11.3. The number of nitrogens with one attached hydrogen (secondary N) is 2. The van der Waals surface area contributed by atoms with Crippen molar-refractivity contribution in [2.75, 3.05) is 18.5 Å². The molecule has 1 atom stereocenters. The molecule has 0 radical (unpaired) electrons. The van der Waals surface area contributed by atoms with Crippen LogP contribution in [-0.2, 0) is 9.59 Å². The standard InChI is InChI=1S/C13H17N3O3/c1-8(15-5-4-12(14)17)9-2-3-11-10(6-9)16-13(18)7-19-11/h2-3,6,8,15H,4-5,7H2,1H3,(H2,14,17)(H,16,18). The molecule has 6 nitrogen and oxygen atoms in total. The molecule has 1 heterocycles. The largest absolute Gasteiger partial charge is 0.482 e. The Kier molecular flexibility index (Phi) is 4.01. The van der Waals surface area contributed by atoms with Crippen LogP contribution in [0.25, 0.3) is 0 Å². The average molecular weight is 263 g/mol. The Hall–Kier alpha value is -2.08. The van der Waals surface area contributed by atoms with Gasteiger partial charge in [0.1, 0.15) is 5.75 Å². The number of anilines is 1. The topological polar surface area (TPSA) is 93.5 Å². The van der Waals surface area contributed by atoms with E-state index in [1.807, 2.05) is 25.1 Å². The Labute approximate surface area is 111 Å². The van der Waals surface area contributed by atoms with Gasteiger partial charge in [-0.2, -0.15) is 0 Å². The van der Waals surface area contributed by atoms with Gasteiger partial charge in [-0.15, -0.1) is 0 Å². The van der Waals surface area contributed by atoms with Crippen LogP contribution in [0, 0.1) is 0 Å². The highest BCUT2D eigenvalue weighted by Gasteiger charge is 2.17. The molecule has 0 fully saturated rings. The van der Waals surface area contributed by atoms with Crippen molar-refractivity contribution in [1.82, 2.24) is 5.32 Å². The van der Waals surface area contributed by atoms with Crippen LogP contribution >= 0.6 is 0 Å². The van der Waals surface area contributed by atoms with E-state index in [4.69, 9.17) is 10.5 Å². The van der Waals surface area contributed by atoms with Gasteiger partial charge in [0.25, 0.3) is 5.91 Å². The number of hydrogen-bond acceptors (Lipinski definition) is 4. The first kappa shape index (κ1) is 13.4. The lowest BCUT2D eigenvalue weighted by Crippen LogP contribution is -2.27. The molecule has 1 aromatic carbocycles. The van der Waals surface area contributed by atoms with Crippen LogP contribution in [0.1, 0.15) is 24.9 Å². The van der Waals surface area contributed by atoms with E-state index in [2.05, 4.69) is 10.6 Å². The highest BCUT2D eigenvalue weighted by atomic mass is 16.5. The van der Waals surface area contributed by atoms with Crippen molar-refractivity contribution < 1.29 is 14.3 Å². The summed E-state index contributed by atoms with van der Waals surface area (Å²) < 4.78 is 5.29. The van der Waals surface area contributed by atoms with Gasteiger partial charge in [0.15, 0.2) is 6.61 Å². The minimum Gasteiger partial charge on any atom is -0.482 e. The zero-order chi connectivity index (χ0) is 13.8. The van der Waals surface area contributed by atoms with E-state index in [0.29, 0.717) is 24.4 Å². The Morgan fingerprint density at radius 3 is 3.11 bits per heavy atom. The number of fused-ring (bicyclic) bond motifs is 1. The molecule has 0 aromatic heterocycles. The summed E-state index contributed by atoms with van der Waals surface area (Å²) in [5, 5.41) is 5.96. The van der Waals surface area contributed by atoms with E-state index in [9.17, 15) is 9.59 Å². The number of nitrogens with two attached hydrogens (primary N) is 1. The lowest BCUT2D eigenvalue weighted by Gasteiger charge is -2.20. The Bertz CT molecular complexity index is 502. The summed E-state index contributed by atoms with van der Waals surface area (Å²) in [5.41, 5.74) is 6.77. The number of carbonyl (C=O) groups excluding carboxylic acids is 2. The normalized spacial score (nSPS) is 15.1. The third-order valence-electron chi connectivity index (χ3n) is 2.96. The summed E-state index contributed by atoms with van der Waals surface area (Å²) in [5.74, 6) is 0.192. The molecule has 0 aliphatic carbocycles. The fraction of sp³-hybridized carbons (Fsp3) is 0.385. The Balaban J connectivity index is 2.02. The van der Waals surface area contributed by atoms with Crippen LogP contribution in [-0.4, -0.2) is 25.0 Å². The van der Waals surface area contributed by atoms with Crippen LogP contribution < -0.4 is 21.1 Å². The number of rotatable bonds is 5. The van der Waals surface area contributed by atoms with Crippen molar-refractivity contribution in [3.8, 4) is 5.75 Å². The van der Waals surface area contributed by atoms with Crippen LogP contribution in [0.5, 0.6) is 5.75 Å². The zero-order valence-electron chi connectivity index (χ0n) is 10.7. The molecular formula is C13H17N3O3. The van der Waals surface area contributed by atoms with Gasteiger partial charge < -0.3 is 21.1 Å². The summed E-state index contributed by atoms with van der Waals surface area (Å²) in [7, 11) is 0. The van der Waals surface area contributed by atoms with Crippen molar-refractivity contribution in [2.24, 2.45) is 5.73 Å². The number of amides is 2. The molecule has 102 valence electrons. The molecule has 0 saturated carbocycles. The van der Waals surface area contributed by atoms with E-state index in [0.717, 1.165) is 5.56 Å². The second kappa shape index (κ2) is 5.71. The predicted molar refractivity (Wildman–Crippen MR) is 70.8 cm³/mol.